The predicted molar refractivity (Wildman–Crippen MR) is 100 cm³/mol. The summed E-state index contributed by atoms with van der Waals surface area (Å²) in [5.41, 5.74) is 2.34. The van der Waals surface area contributed by atoms with Crippen LogP contribution in [-0.4, -0.2) is 32.3 Å². The highest BCUT2D eigenvalue weighted by atomic mass is 16.6. The maximum Gasteiger partial charge on any atom is 0.257 e. The number of aryl methyl sites for hydroxylation is 1. The lowest BCUT2D eigenvalue weighted by molar-refractivity contribution is -0.123. The average Bonchev–Trinajstić information content (AvgIpc) is 2.67. The first-order valence-electron chi connectivity index (χ1n) is 8.97. The zero-order chi connectivity index (χ0) is 18.4. The Kier molecular flexibility index (Phi) is 6.00. The second kappa shape index (κ2) is 8.61. The van der Waals surface area contributed by atoms with E-state index in [1.54, 1.807) is 0 Å². The van der Waals surface area contributed by atoms with E-state index in [4.69, 9.17) is 14.2 Å². The van der Waals surface area contributed by atoms with Crippen LogP contribution in [0.3, 0.4) is 0 Å². The van der Waals surface area contributed by atoms with Crippen LogP contribution in [0.4, 0.5) is 0 Å². The van der Waals surface area contributed by atoms with Gasteiger partial charge in [-0.25, -0.2) is 0 Å². The van der Waals surface area contributed by atoms with Crippen molar-refractivity contribution in [1.82, 2.24) is 5.32 Å². The van der Waals surface area contributed by atoms with Crippen molar-refractivity contribution >= 4 is 5.91 Å². The summed E-state index contributed by atoms with van der Waals surface area (Å²) in [5, 5.41) is 2.91. The molecule has 0 aromatic heterocycles. The maximum atomic E-state index is 11.9. The van der Waals surface area contributed by atoms with Gasteiger partial charge < -0.3 is 19.5 Å². The van der Waals surface area contributed by atoms with Gasteiger partial charge in [-0.2, -0.15) is 0 Å². The molecule has 1 aliphatic rings. The zero-order valence-electron chi connectivity index (χ0n) is 15.3. The average molecular weight is 355 g/mol. The minimum Gasteiger partial charge on any atom is -0.486 e. The highest BCUT2D eigenvalue weighted by molar-refractivity contribution is 5.77. The van der Waals surface area contributed by atoms with Crippen molar-refractivity contribution in [3.63, 3.8) is 0 Å². The normalized spacial score (nSPS) is 13.8. The van der Waals surface area contributed by atoms with E-state index in [2.05, 4.69) is 18.3 Å². The van der Waals surface area contributed by atoms with Crippen molar-refractivity contribution in [2.24, 2.45) is 0 Å². The standard InChI is InChI=1S/C21H25NO4/c1-15-3-6-18(7-4-15)26-14-21(23)22-10-9-16(2)17-5-8-19-20(13-17)25-12-11-24-19/h3-8,13,16H,9-12,14H2,1-2H3,(H,22,23). The lowest BCUT2D eigenvalue weighted by Crippen LogP contribution is -2.30. The summed E-state index contributed by atoms with van der Waals surface area (Å²) in [4.78, 5) is 11.9. The minimum absolute atomic E-state index is 0.0292. The molecule has 0 aliphatic carbocycles. The van der Waals surface area contributed by atoms with Gasteiger partial charge in [-0.1, -0.05) is 30.7 Å². The number of benzene rings is 2. The first kappa shape index (κ1) is 18.1. The van der Waals surface area contributed by atoms with Gasteiger partial charge in [-0.3, -0.25) is 4.79 Å². The molecule has 0 saturated carbocycles. The molecule has 0 spiro atoms. The lowest BCUT2D eigenvalue weighted by Gasteiger charge is -2.20. The molecule has 1 heterocycles. The van der Waals surface area contributed by atoms with Crippen molar-refractivity contribution in [2.45, 2.75) is 26.2 Å². The molecule has 1 unspecified atom stereocenters. The third-order valence-corrected chi connectivity index (χ3v) is 4.43. The number of ether oxygens (including phenoxy) is 3. The molecule has 0 saturated heterocycles. The first-order chi connectivity index (χ1) is 12.6. The van der Waals surface area contributed by atoms with Gasteiger partial charge in [0.25, 0.3) is 5.91 Å². The molecule has 2 aromatic rings. The summed E-state index contributed by atoms with van der Waals surface area (Å²) in [7, 11) is 0. The van der Waals surface area contributed by atoms with E-state index in [-0.39, 0.29) is 12.5 Å². The summed E-state index contributed by atoms with van der Waals surface area (Å²) >= 11 is 0. The Morgan fingerprint density at radius 1 is 1.12 bits per heavy atom. The van der Waals surface area contributed by atoms with Gasteiger partial charge in [0.1, 0.15) is 19.0 Å². The van der Waals surface area contributed by atoms with Crippen LogP contribution in [0.15, 0.2) is 42.5 Å². The number of rotatable bonds is 7. The molecule has 5 nitrogen and oxygen atoms in total. The molecule has 138 valence electrons. The lowest BCUT2D eigenvalue weighted by atomic mass is 9.97. The van der Waals surface area contributed by atoms with Crippen LogP contribution in [0.1, 0.15) is 30.4 Å². The minimum atomic E-state index is -0.111. The summed E-state index contributed by atoms with van der Waals surface area (Å²) in [5.74, 6) is 2.50. The van der Waals surface area contributed by atoms with Crippen molar-refractivity contribution in [2.75, 3.05) is 26.4 Å². The molecule has 5 heteroatoms. The van der Waals surface area contributed by atoms with Crippen molar-refractivity contribution in [3.05, 3.63) is 53.6 Å². The number of fused-ring (bicyclic) bond motifs is 1. The molecule has 0 bridgehead atoms. The molecule has 1 amide bonds. The number of carbonyl (C=O) groups excluding carboxylic acids is 1. The largest absolute Gasteiger partial charge is 0.486 e. The molecule has 1 N–H and O–H groups in total. The highest BCUT2D eigenvalue weighted by Crippen LogP contribution is 2.33. The number of amides is 1. The van der Waals surface area contributed by atoms with Gasteiger partial charge in [0.2, 0.25) is 0 Å². The van der Waals surface area contributed by atoms with Crippen LogP contribution in [0.5, 0.6) is 17.2 Å². The smallest absolute Gasteiger partial charge is 0.257 e. The van der Waals surface area contributed by atoms with E-state index >= 15 is 0 Å². The molecule has 0 fully saturated rings. The summed E-state index contributed by atoms with van der Waals surface area (Å²) in [6, 6.07) is 13.7. The first-order valence-corrected chi connectivity index (χ1v) is 8.97. The second-order valence-corrected chi connectivity index (χ2v) is 6.54. The molecule has 3 rings (SSSR count). The van der Waals surface area contributed by atoms with Gasteiger partial charge in [0.05, 0.1) is 0 Å². The summed E-state index contributed by atoms with van der Waals surface area (Å²) in [6.07, 6.45) is 0.843. The summed E-state index contributed by atoms with van der Waals surface area (Å²) in [6.45, 7) is 5.97. The topological polar surface area (TPSA) is 56.8 Å². The molecule has 0 radical (unpaired) electrons. The van der Waals surface area contributed by atoms with E-state index < -0.39 is 0 Å². The van der Waals surface area contributed by atoms with Gasteiger partial charge in [-0.05, 0) is 49.1 Å². The molecule has 26 heavy (non-hydrogen) atoms. The maximum absolute atomic E-state index is 11.9. The molecular formula is C21H25NO4. The third-order valence-electron chi connectivity index (χ3n) is 4.43. The Bertz CT molecular complexity index is 742. The van der Waals surface area contributed by atoms with Crippen molar-refractivity contribution < 1.29 is 19.0 Å². The molecule has 1 aliphatic heterocycles. The predicted octanol–water partition coefficient (Wildman–Crippen LogP) is 3.46. The Balaban J connectivity index is 1.41. The number of carbonyl (C=O) groups is 1. The fourth-order valence-electron chi connectivity index (χ4n) is 2.80. The van der Waals surface area contributed by atoms with Crippen LogP contribution in [0, 0.1) is 6.92 Å². The quantitative estimate of drug-likeness (QED) is 0.826. The van der Waals surface area contributed by atoms with Crippen LogP contribution in [0.2, 0.25) is 0 Å². The van der Waals surface area contributed by atoms with Crippen molar-refractivity contribution in [3.8, 4) is 17.2 Å². The Hall–Kier alpha value is -2.69. The second-order valence-electron chi connectivity index (χ2n) is 6.54. The Morgan fingerprint density at radius 2 is 1.85 bits per heavy atom. The molecule has 2 aromatic carbocycles. The van der Waals surface area contributed by atoms with E-state index in [0.29, 0.717) is 31.4 Å². The van der Waals surface area contributed by atoms with Crippen LogP contribution in [-0.2, 0) is 4.79 Å². The Morgan fingerprint density at radius 3 is 2.62 bits per heavy atom. The van der Waals surface area contributed by atoms with Gasteiger partial charge in [-0.15, -0.1) is 0 Å². The van der Waals surface area contributed by atoms with Gasteiger partial charge in [0, 0.05) is 6.54 Å². The van der Waals surface area contributed by atoms with E-state index in [1.807, 2.05) is 43.3 Å². The van der Waals surface area contributed by atoms with E-state index in [1.165, 1.54) is 5.56 Å². The van der Waals surface area contributed by atoms with Crippen LogP contribution >= 0.6 is 0 Å². The summed E-state index contributed by atoms with van der Waals surface area (Å²) < 4.78 is 16.7. The molecule has 1 atom stereocenters. The van der Waals surface area contributed by atoms with Crippen LogP contribution < -0.4 is 19.5 Å². The van der Waals surface area contributed by atoms with Crippen molar-refractivity contribution in [1.29, 1.82) is 0 Å². The molecular weight excluding hydrogens is 330 g/mol. The van der Waals surface area contributed by atoms with Gasteiger partial charge >= 0.3 is 0 Å². The zero-order valence-corrected chi connectivity index (χ0v) is 15.3. The number of hydrogen-bond donors (Lipinski definition) is 1. The van der Waals surface area contributed by atoms with E-state index in [0.717, 1.165) is 23.5 Å². The van der Waals surface area contributed by atoms with E-state index in [9.17, 15) is 4.79 Å². The monoisotopic (exact) mass is 355 g/mol. The SMILES string of the molecule is Cc1ccc(OCC(=O)NCCC(C)c2ccc3c(c2)OCCO3)cc1. The number of nitrogens with one attached hydrogen (secondary N) is 1. The highest BCUT2D eigenvalue weighted by Gasteiger charge is 2.14. The van der Waals surface area contributed by atoms with Gasteiger partial charge in [0.15, 0.2) is 18.1 Å². The van der Waals surface area contributed by atoms with Crippen LogP contribution in [0.25, 0.3) is 0 Å². The fraction of sp³-hybridized carbons (Fsp3) is 0.381. The Labute approximate surface area is 154 Å². The number of hydrogen-bond acceptors (Lipinski definition) is 4. The third kappa shape index (κ3) is 4.91. The fourth-order valence-corrected chi connectivity index (χ4v) is 2.80.